The van der Waals surface area contributed by atoms with E-state index in [2.05, 4.69) is 11.1 Å². The van der Waals surface area contributed by atoms with Gasteiger partial charge in [-0.05, 0) is 66.2 Å². The van der Waals surface area contributed by atoms with E-state index in [1.165, 1.54) is 0 Å². The van der Waals surface area contributed by atoms with E-state index in [0.29, 0.717) is 28.3 Å². The highest BCUT2D eigenvalue weighted by Crippen LogP contribution is 2.19. The van der Waals surface area contributed by atoms with E-state index in [-0.39, 0.29) is 0 Å². The van der Waals surface area contributed by atoms with E-state index in [1.807, 2.05) is 12.1 Å². The van der Waals surface area contributed by atoms with Crippen LogP contribution in [-0.2, 0) is 0 Å². The second kappa shape index (κ2) is 8.45. The Balaban J connectivity index is 1.64. The van der Waals surface area contributed by atoms with Gasteiger partial charge in [-0.15, -0.1) is 0 Å². The minimum atomic E-state index is -0.442. The van der Waals surface area contributed by atoms with Gasteiger partial charge in [-0.2, -0.15) is 5.26 Å². The molecule has 3 rings (SSSR count). The largest absolute Gasteiger partial charge is 0.497 e. The number of nitriles is 1. The molecule has 0 radical (unpaired) electrons. The van der Waals surface area contributed by atoms with Crippen LogP contribution in [0.25, 0.3) is 0 Å². The Hall–Kier alpha value is -3.91. The van der Waals surface area contributed by atoms with Gasteiger partial charge in [0.25, 0.3) is 0 Å². The molecule has 0 aromatic heterocycles. The van der Waals surface area contributed by atoms with Crippen LogP contribution in [0, 0.1) is 11.3 Å². The van der Waals surface area contributed by atoms with Crippen molar-refractivity contribution in [2.45, 2.75) is 0 Å². The number of hydrogen-bond acceptors (Lipinski definition) is 5. The van der Waals surface area contributed by atoms with Crippen molar-refractivity contribution in [1.82, 2.24) is 0 Å². The Labute approximate surface area is 157 Å². The summed E-state index contributed by atoms with van der Waals surface area (Å²) in [6.45, 7) is 0. The lowest BCUT2D eigenvalue weighted by Gasteiger charge is -2.05. The summed E-state index contributed by atoms with van der Waals surface area (Å²) in [4.78, 5) is 16.6. The van der Waals surface area contributed by atoms with Gasteiger partial charge in [0.15, 0.2) is 0 Å². The van der Waals surface area contributed by atoms with Gasteiger partial charge in [0.2, 0.25) is 0 Å². The Morgan fingerprint density at radius 2 is 1.56 bits per heavy atom. The first kappa shape index (κ1) is 17.9. The standard InChI is InChI=1S/C22H16N2O3/c1-26-20-10-12-21(13-11-20)27-22(25)18-6-8-19(9-7-18)24-15-17-4-2-16(14-23)3-5-17/h2-13,15H,1H3. The fourth-order valence-electron chi connectivity index (χ4n) is 2.29. The van der Waals surface area contributed by atoms with Crippen molar-refractivity contribution < 1.29 is 14.3 Å². The van der Waals surface area contributed by atoms with E-state index in [1.54, 1.807) is 74.0 Å². The van der Waals surface area contributed by atoms with Crippen molar-refractivity contribution in [1.29, 1.82) is 5.26 Å². The highest BCUT2D eigenvalue weighted by atomic mass is 16.5. The average molecular weight is 356 g/mol. The third-order valence-electron chi connectivity index (χ3n) is 3.78. The van der Waals surface area contributed by atoms with Crippen LogP contribution in [0.15, 0.2) is 77.8 Å². The number of aliphatic imine (C=N–C) groups is 1. The molecule has 132 valence electrons. The molecule has 0 aliphatic rings. The van der Waals surface area contributed by atoms with Crippen LogP contribution >= 0.6 is 0 Å². The van der Waals surface area contributed by atoms with E-state index in [4.69, 9.17) is 14.7 Å². The van der Waals surface area contributed by atoms with E-state index in [9.17, 15) is 4.79 Å². The van der Waals surface area contributed by atoms with Gasteiger partial charge in [0, 0.05) is 6.21 Å². The first-order valence-corrected chi connectivity index (χ1v) is 8.18. The predicted octanol–water partition coefficient (Wildman–Crippen LogP) is 4.54. The van der Waals surface area contributed by atoms with Gasteiger partial charge in [0.1, 0.15) is 11.5 Å². The van der Waals surface area contributed by atoms with Gasteiger partial charge in [-0.3, -0.25) is 4.99 Å². The minimum Gasteiger partial charge on any atom is -0.497 e. The minimum absolute atomic E-state index is 0.433. The molecule has 0 saturated carbocycles. The van der Waals surface area contributed by atoms with Crippen molar-refractivity contribution in [3.63, 3.8) is 0 Å². The second-order valence-corrected chi connectivity index (χ2v) is 5.60. The smallest absolute Gasteiger partial charge is 0.343 e. The molecule has 0 N–H and O–H groups in total. The number of methoxy groups -OCH3 is 1. The summed E-state index contributed by atoms with van der Waals surface area (Å²) in [7, 11) is 1.58. The summed E-state index contributed by atoms with van der Waals surface area (Å²) >= 11 is 0. The van der Waals surface area contributed by atoms with Crippen LogP contribution in [0.5, 0.6) is 11.5 Å². The molecule has 5 nitrogen and oxygen atoms in total. The summed E-state index contributed by atoms with van der Waals surface area (Å²) < 4.78 is 10.4. The summed E-state index contributed by atoms with van der Waals surface area (Å²) in [5.41, 5.74) is 2.63. The molecule has 0 amide bonds. The fourth-order valence-corrected chi connectivity index (χ4v) is 2.29. The summed E-state index contributed by atoms with van der Waals surface area (Å²) in [5, 5.41) is 8.80. The Morgan fingerprint density at radius 3 is 2.15 bits per heavy atom. The highest BCUT2D eigenvalue weighted by molar-refractivity contribution is 5.91. The number of ether oxygens (including phenoxy) is 2. The van der Waals surface area contributed by atoms with Gasteiger partial charge < -0.3 is 9.47 Å². The molecule has 0 bridgehead atoms. The topological polar surface area (TPSA) is 71.7 Å². The predicted molar refractivity (Wildman–Crippen MR) is 103 cm³/mol. The quantitative estimate of drug-likeness (QED) is 0.382. The number of benzene rings is 3. The summed E-state index contributed by atoms with van der Waals surface area (Å²) in [5.74, 6) is 0.700. The van der Waals surface area contributed by atoms with E-state index >= 15 is 0 Å². The zero-order valence-electron chi connectivity index (χ0n) is 14.6. The first-order valence-electron chi connectivity index (χ1n) is 8.18. The molecular weight excluding hydrogens is 340 g/mol. The van der Waals surface area contributed by atoms with Crippen LogP contribution in [-0.4, -0.2) is 19.3 Å². The molecular formula is C22H16N2O3. The zero-order valence-corrected chi connectivity index (χ0v) is 14.6. The van der Waals surface area contributed by atoms with Gasteiger partial charge >= 0.3 is 5.97 Å². The van der Waals surface area contributed by atoms with Crippen LogP contribution < -0.4 is 9.47 Å². The maximum absolute atomic E-state index is 12.2. The maximum atomic E-state index is 12.2. The fraction of sp³-hybridized carbons (Fsp3) is 0.0455. The van der Waals surface area contributed by atoms with Crippen LogP contribution in [0.2, 0.25) is 0 Å². The number of nitrogens with zero attached hydrogens (tertiary/aromatic N) is 2. The van der Waals surface area contributed by atoms with Crippen molar-refractivity contribution in [2.75, 3.05) is 7.11 Å². The lowest BCUT2D eigenvalue weighted by molar-refractivity contribution is 0.0734. The Bertz CT molecular complexity index is 984. The highest BCUT2D eigenvalue weighted by Gasteiger charge is 2.08. The number of rotatable bonds is 5. The summed E-state index contributed by atoms with van der Waals surface area (Å²) in [6, 6.07) is 22.8. The van der Waals surface area contributed by atoms with Crippen molar-refractivity contribution in [2.24, 2.45) is 4.99 Å². The lowest BCUT2D eigenvalue weighted by Crippen LogP contribution is -2.08. The van der Waals surface area contributed by atoms with E-state index < -0.39 is 5.97 Å². The molecule has 0 saturated heterocycles. The van der Waals surface area contributed by atoms with Crippen molar-refractivity contribution >= 4 is 17.9 Å². The molecule has 0 fully saturated rings. The van der Waals surface area contributed by atoms with Gasteiger partial charge in [-0.1, -0.05) is 12.1 Å². The number of carbonyl (C=O) groups is 1. The lowest BCUT2D eigenvalue weighted by atomic mass is 10.1. The normalized spacial score (nSPS) is 10.4. The Kier molecular flexibility index (Phi) is 5.60. The van der Waals surface area contributed by atoms with Crippen molar-refractivity contribution in [3.8, 4) is 17.6 Å². The average Bonchev–Trinajstić information content (AvgIpc) is 2.73. The van der Waals surface area contributed by atoms with E-state index in [0.717, 1.165) is 5.56 Å². The third kappa shape index (κ3) is 4.80. The molecule has 3 aromatic rings. The molecule has 0 aliphatic heterocycles. The second-order valence-electron chi connectivity index (χ2n) is 5.60. The SMILES string of the molecule is COc1ccc(OC(=O)c2ccc(N=Cc3ccc(C#N)cc3)cc2)cc1. The van der Waals surface area contributed by atoms with Crippen LogP contribution in [0.3, 0.4) is 0 Å². The maximum Gasteiger partial charge on any atom is 0.343 e. The zero-order chi connectivity index (χ0) is 19.1. The molecule has 0 atom stereocenters. The Morgan fingerprint density at radius 1 is 0.926 bits per heavy atom. The third-order valence-corrected chi connectivity index (χ3v) is 3.78. The molecule has 5 heteroatoms. The number of esters is 1. The monoisotopic (exact) mass is 356 g/mol. The molecule has 27 heavy (non-hydrogen) atoms. The molecule has 0 unspecified atom stereocenters. The van der Waals surface area contributed by atoms with Crippen LogP contribution in [0.4, 0.5) is 5.69 Å². The molecule has 0 aliphatic carbocycles. The van der Waals surface area contributed by atoms with Gasteiger partial charge in [-0.25, -0.2) is 4.79 Å². The van der Waals surface area contributed by atoms with Gasteiger partial charge in [0.05, 0.1) is 30.0 Å². The molecule has 0 spiro atoms. The van der Waals surface area contributed by atoms with Crippen molar-refractivity contribution in [3.05, 3.63) is 89.5 Å². The first-order chi connectivity index (χ1) is 13.2. The number of hydrogen-bond donors (Lipinski definition) is 0. The van der Waals surface area contributed by atoms with Crippen LogP contribution in [0.1, 0.15) is 21.5 Å². The molecule has 3 aromatic carbocycles. The molecule has 0 heterocycles. The number of carbonyl (C=O) groups excluding carboxylic acids is 1. The summed E-state index contributed by atoms with van der Waals surface area (Å²) in [6.07, 6.45) is 1.70.